The van der Waals surface area contributed by atoms with Gasteiger partial charge in [-0.2, -0.15) is 13.2 Å². The summed E-state index contributed by atoms with van der Waals surface area (Å²) in [5.41, 5.74) is -0.496. The Morgan fingerprint density at radius 3 is 2.69 bits per heavy atom. The van der Waals surface area contributed by atoms with E-state index >= 15 is 0 Å². The summed E-state index contributed by atoms with van der Waals surface area (Å²) >= 11 is 6.84. The molecule has 0 spiro atoms. The summed E-state index contributed by atoms with van der Waals surface area (Å²) in [5, 5.41) is 2.48. The molecule has 0 aliphatic carbocycles. The number of amides is 1. The summed E-state index contributed by atoms with van der Waals surface area (Å²) in [4.78, 5) is 16.5. The van der Waals surface area contributed by atoms with Crippen molar-refractivity contribution in [3.05, 3.63) is 64.4 Å². The molecule has 0 aromatic heterocycles. The van der Waals surface area contributed by atoms with Crippen LogP contribution in [0.2, 0.25) is 5.02 Å². The second-order valence-corrected chi connectivity index (χ2v) is 6.87. The zero-order valence-electron chi connectivity index (χ0n) is 13.0. The van der Waals surface area contributed by atoms with E-state index in [0.717, 1.165) is 12.1 Å². The SMILES string of the molecule is O=C(Nc1ccc(Cl)c(C(F)(F)F)c1)C1CSC(c2cccc(F)c2)=N1. The Kier molecular flexibility index (Phi) is 5.24. The lowest BCUT2D eigenvalue weighted by Crippen LogP contribution is -2.26. The molecule has 0 bridgehead atoms. The standard InChI is InChI=1S/C17H11ClF4N2OS/c18-13-5-4-11(7-12(13)17(20,21)22)23-15(25)14-8-26-16(24-14)9-2-1-3-10(19)6-9/h1-7,14H,8H2,(H,23,25). The monoisotopic (exact) mass is 402 g/mol. The molecule has 26 heavy (non-hydrogen) atoms. The third kappa shape index (κ3) is 4.19. The Balaban J connectivity index is 1.75. The first-order valence-corrected chi connectivity index (χ1v) is 8.74. The Hall–Kier alpha value is -2.06. The minimum absolute atomic E-state index is 0.0221. The molecular weight excluding hydrogens is 392 g/mol. The van der Waals surface area contributed by atoms with Crippen molar-refractivity contribution in [3.8, 4) is 0 Å². The maximum absolute atomic E-state index is 13.3. The van der Waals surface area contributed by atoms with Crippen LogP contribution in [0, 0.1) is 5.82 Å². The molecular formula is C17H11ClF4N2OS. The lowest BCUT2D eigenvalue weighted by Gasteiger charge is -2.12. The summed E-state index contributed by atoms with van der Waals surface area (Å²) in [6.45, 7) is 0. The third-order valence-corrected chi connectivity index (χ3v) is 4.99. The maximum Gasteiger partial charge on any atom is 0.417 e. The highest BCUT2D eigenvalue weighted by Crippen LogP contribution is 2.36. The summed E-state index contributed by atoms with van der Waals surface area (Å²) in [5.74, 6) is -0.642. The Morgan fingerprint density at radius 1 is 1.23 bits per heavy atom. The normalized spacial score (nSPS) is 17.1. The number of halogens is 5. The molecule has 1 aliphatic rings. The summed E-state index contributed by atoms with van der Waals surface area (Å²) in [7, 11) is 0. The minimum Gasteiger partial charge on any atom is -0.324 e. The van der Waals surface area contributed by atoms with E-state index in [4.69, 9.17) is 11.6 Å². The smallest absolute Gasteiger partial charge is 0.324 e. The van der Waals surface area contributed by atoms with Crippen molar-refractivity contribution in [2.24, 2.45) is 4.99 Å². The highest BCUT2D eigenvalue weighted by atomic mass is 35.5. The zero-order valence-corrected chi connectivity index (χ0v) is 14.6. The highest BCUT2D eigenvalue weighted by Gasteiger charge is 2.34. The van der Waals surface area contributed by atoms with Gasteiger partial charge in [0.1, 0.15) is 11.9 Å². The molecule has 136 valence electrons. The molecule has 1 amide bonds. The fourth-order valence-corrected chi connectivity index (χ4v) is 3.60. The second-order valence-electron chi connectivity index (χ2n) is 5.45. The van der Waals surface area contributed by atoms with E-state index < -0.39 is 34.5 Å². The van der Waals surface area contributed by atoms with E-state index in [1.165, 1.54) is 36.0 Å². The largest absolute Gasteiger partial charge is 0.417 e. The number of nitrogens with zero attached hydrogens (tertiary/aromatic N) is 1. The topological polar surface area (TPSA) is 41.5 Å². The van der Waals surface area contributed by atoms with Gasteiger partial charge in [-0.25, -0.2) is 4.39 Å². The number of rotatable bonds is 3. The molecule has 0 radical (unpaired) electrons. The van der Waals surface area contributed by atoms with Crippen LogP contribution in [0.25, 0.3) is 0 Å². The molecule has 1 heterocycles. The average Bonchev–Trinajstić information content (AvgIpc) is 3.06. The van der Waals surface area contributed by atoms with Gasteiger partial charge in [-0.05, 0) is 30.3 Å². The number of aliphatic imine (C=N–C) groups is 1. The van der Waals surface area contributed by atoms with Gasteiger partial charge >= 0.3 is 6.18 Å². The van der Waals surface area contributed by atoms with Crippen LogP contribution in [0.1, 0.15) is 11.1 Å². The van der Waals surface area contributed by atoms with Crippen molar-refractivity contribution in [2.45, 2.75) is 12.2 Å². The average molecular weight is 403 g/mol. The van der Waals surface area contributed by atoms with E-state index in [1.54, 1.807) is 6.07 Å². The zero-order chi connectivity index (χ0) is 18.9. The van der Waals surface area contributed by atoms with Crippen LogP contribution in [-0.2, 0) is 11.0 Å². The number of alkyl halides is 3. The van der Waals surface area contributed by atoms with Gasteiger partial charge in [0.2, 0.25) is 5.91 Å². The van der Waals surface area contributed by atoms with Crippen LogP contribution >= 0.6 is 23.4 Å². The second kappa shape index (κ2) is 7.28. The summed E-state index contributed by atoms with van der Waals surface area (Å²) < 4.78 is 51.9. The van der Waals surface area contributed by atoms with E-state index in [1.807, 2.05) is 0 Å². The van der Waals surface area contributed by atoms with Crippen molar-refractivity contribution in [2.75, 3.05) is 11.1 Å². The molecule has 0 fully saturated rings. The minimum atomic E-state index is -4.62. The van der Waals surface area contributed by atoms with Gasteiger partial charge in [0.05, 0.1) is 15.6 Å². The number of benzene rings is 2. The number of carbonyl (C=O) groups excluding carboxylic acids is 1. The molecule has 1 atom stereocenters. The van der Waals surface area contributed by atoms with Gasteiger partial charge in [0.15, 0.2) is 0 Å². The Labute approximate surface area is 155 Å². The van der Waals surface area contributed by atoms with Crippen LogP contribution in [0.3, 0.4) is 0 Å². The molecule has 2 aromatic rings. The van der Waals surface area contributed by atoms with Crippen LogP contribution in [-0.4, -0.2) is 22.7 Å². The Morgan fingerprint density at radius 2 is 2.00 bits per heavy atom. The molecule has 3 rings (SSSR count). The van der Waals surface area contributed by atoms with Crippen LogP contribution in [0.15, 0.2) is 47.5 Å². The van der Waals surface area contributed by atoms with Crippen molar-refractivity contribution in [3.63, 3.8) is 0 Å². The number of nitrogens with one attached hydrogen (secondary N) is 1. The predicted octanol–water partition coefficient (Wildman–Crippen LogP) is 5.00. The Bertz CT molecular complexity index is 885. The van der Waals surface area contributed by atoms with Crippen molar-refractivity contribution >= 4 is 40.0 Å². The molecule has 3 nitrogen and oxygen atoms in total. The van der Waals surface area contributed by atoms with Gasteiger partial charge < -0.3 is 5.32 Å². The fourth-order valence-electron chi connectivity index (χ4n) is 2.33. The fraction of sp³-hybridized carbons (Fsp3) is 0.176. The molecule has 1 aliphatic heterocycles. The summed E-state index contributed by atoms with van der Waals surface area (Å²) in [6.07, 6.45) is -4.62. The van der Waals surface area contributed by atoms with Crippen LogP contribution < -0.4 is 5.32 Å². The van der Waals surface area contributed by atoms with Crippen LogP contribution in [0.4, 0.5) is 23.2 Å². The quantitative estimate of drug-likeness (QED) is 0.734. The van der Waals surface area contributed by atoms with Gasteiger partial charge in [-0.3, -0.25) is 9.79 Å². The number of hydrogen-bond donors (Lipinski definition) is 1. The number of carbonyl (C=O) groups is 1. The predicted molar refractivity (Wildman–Crippen MR) is 94.3 cm³/mol. The molecule has 1 N–H and O–H groups in total. The van der Waals surface area contributed by atoms with E-state index in [-0.39, 0.29) is 5.69 Å². The van der Waals surface area contributed by atoms with Gasteiger partial charge in [-0.1, -0.05) is 23.7 Å². The number of anilines is 1. The first-order chi connectivity index (χ1) is 12.2. The molecule has 1 unspecified atom stereocenters. The van der Waals surface area contributed by atoms with Crippen LogP contribution in [0.5, 0.6) is 0 Å². The third-order valence-electron chi connectivity index (χ3n) is 3.56. The first-order valence-electron chi connectivity index (χ1n) is 7.38. The number of hydrogen-bond acceptors (Lipinski definition) is 3. The van der Waals surface area contributed by atoms with E-state index in [0.29, 0.717) is 16.4 Å². The highest BCUT2D eigenvalue weighted by molar-refractivity contribution is 8.14. The molecule has 2 aromatic carbocycles. The van der Waals surface area contributed by atoms with E-state index in [9.17, 15) is 22.4 Å². The van der Waals surface area contributed by atoms with Crippen molar-refractivity contribution in [1.82, 2.24) is 0 Å². The van der Waals surface area contributed by atoms with Gasteiger partial charge in [-0.15, -0.1) is 11.8 Å². The number of thioether (sulfide) groups is 1. The summed E-state index contributed by atoms with van der Waals surface area (Å²) in [6, 6.07) is 8.17. The first kappa shape index (κ1) is 18.7. The van der Waals surface area contributed by atoms with Gasteiger partial charge in [0.25, 0.3) is 0 Å². The van der Waals surface area contributed by atoms with Crippen molar-refractivity contribution < 1.29 is 22.4 Å². The molecule has 9 heteroatoms. The molecule has 0 saturated heterocycles. The maximum atomic E-state index is 13.3. The molecule has 0 saturated carbocycles. The van der Waals surface area contributed by atoms with Crippen molar-refractivity contribution in [1.29, 1.82) is 0 Å². The van der Waals surface area contributed by atoms with E-state index in [2.05, 4.69) is 10.3 Å². The lowest BCUT2D eigenvalue weighted by molar-refractivity contribution is -0.137. The lowest BCUT2D eigenvalue weighted by atomic mass is 10.2. The van der Waals surface area contributed by atoms with Gasteiger partial charge in [0, 0.05) is 17.0 Å².